The Morgan fingerprint density at radius 3 is 2.21 bits per heavy atom. The van der Waals surface area contributed by atoms with E-state index in [9.17, 15) is 18.0 Å². The topological polar surface area (TPSA) is 114 Å². The van der Waals surface area contributed by atoms with E-state index in [-0.39, 0.29) is 10.5 Å². The van der Waals surface area contributed by atoms with Crippen molar-refractivity contribution in [1.82, 2.24) is 4.31 Å². The minimum atomic E-state index is -3.72. The molecule has 0 aliphatic carbocycles. The molecule has 0 bridgehead atoms. The lowest BCUT2D eigenvalue weighted by Crippen LogP contribution is -2.30. The molecule has 2 rings (SSSR count). The average molecular weight is 492 g/mol. The van der Waals surface area contributed by atoms with Crippen LogP contribution in [0, 0.1) is 6.92 Å². The van der Waals surface area contributed by atoms with Gasteiger partial charge in [0.15, 0.2) is 0 Å². The number of aryl methyl sites for hydroxylation is 1. The van der Waals surface area contributed by atoms with Crippen molar-refractivity contribution in [2.75, 3.05) is 30.8 Å². The third kappa shape index (κ3) is 6.71. The maximum absolute atomic E-state index is 13.0. The summed E-state index contributed by atoms with van der Waals surface area (Å²) in [6.07, 6.45) is -0.667. The number of carbonyl (C=O) groups is 2. The van der Waals surface area contributed by atoms with Crippen LogP contribution in [0.4, 0.5) is 16.2 Å². The summed E-state index contributed by atoms with van der Waals surface area (Å²) in [6, 6.07) is 9.22. The average Bonchev–Trinajstić information content (AvgIpc) is 2.73. The number of benzene rings is 2. The van der Waals surface area contributed by atoms with Gasteiger partial charge in [-0.15, -0.1) is 0 Å². The highest BCUT2D eigenvalue weighted by atomic mass is 32.2. The van der Waals surface area contributed by atoms with Gasteiger partial charge in [-0.1, -0.05) is 19.9 Å². The summed E-state index contributed by atoms with van der Waals surface area (Å²) in [5, 5.41) is 5.37. The SMILES string of the molecule is CCN(CC)S(=O)(=O)c1ccc(C)c(C(=O)Nc2ccc(OC)c(NC(=O)OC(C)(C)C)c2)c1. The van der Waals surface area contributed by atoms with Crippen molar-refractivity contribution < 1.29 is 27.5 Å². The largest absolute Gasteiger partial charge is 0.495 e. The van der Waals surface area contributed by atoms with E-state index in [1.54, 1.807) is 59.7 Å². The van der Waals surface area contributed by atoms with E-state index in [0.29, 0.717) is 35.8 Å². The number of nitrogens with one attached hydrogen (secondary N) is 2. The van der Waals surface area contributed by atoms with Crippen LogP contribution >= 0.6 is 0 Å². The summed E-state index contributed by atoms with van der Waals surface area (Å²) in [5.41, 5.74) is 0.858. The fourth-order valence-corrected chi connectivity index (χ4v) is 4.70. The number of hydrogen-bond acceptors (Lipinski definition) is 6. The maximum Gasteiger partial charge on any atom is 0.412 e. The second-order valence-electron chi connectivity index (χ2n) is 8.56. The lowest BCUT2D eigenvalue weighted by molar-refractivity contribution is 0.0635. The molecule has 0 aliphatic heterocycles. The first-order valence-corrected chi connectivity index (χ1v) is 12.4. The molecule has 2 aromatic rings. The van der Waals surface area contributed by atoms with Gasteiger partial charge in [0.25, 0.3) is 5.91 Å². The molecule has 0 saturated heterocycles. The Bertz CT molecular complexity index is 1150. The van der Waals surface area contributed by atoms with Crippen LogP contribution in [-0.2, 0) is 14.8 Å². The van der Waals surface area contributed by atoms with Crippen molar-refractivity contribution in [2.45, 2.75) is 52.0 Å². The van der Waals surface area contributed by atoms with Gasteiger partial charge < -0.3 is 14.8 Å². The van der Waals surface area contributed by atoms with Crippen LogP contribution in [0.25, 0.3) is 0 Å². The molecule has 0 saturated carbocycles. The van der Waals surface area contributed by atoms with E-state index in [0.717, 1.165) is 0 Å². The third-order valence-electron chi connectivity index (χ3n) is 4.89. The number of sulfonamides is 1. The van der Waals surface area contributed by atoms with Crippen molar-refractivity contribution in [3.05, 3.63) is 47.5 Å². The fraction of sp³-hybridized carbons (Fsp3) is 0.417. The molecule has 2 N–H and O–H groups in total. The second-order valence-corrected chi connectivity index (χ2v) is 10.5. The Labute approximate surface area is 201 Å². The quantitative estimate of drug-likeness (QED) is 0.556. The van der Waals surface area contributed by atoms with E-state index in [1.165, 1.54) is 29.6 Å². The van der Waals surface area contributed by atoms with E-state index < -0.39 is 27.6 Å². The lowest BCUT2D eigenvalue weighted by atomic mass is 10.1. The van der Waals surface area contributed by atoms with Gasteiger partial charge in [-0.3, -0.25) is 10.1 Å². The predicted molar refractivity (Wildman–Crippen MR) is 132 cm³/mol. The number of amides is 2. The number of rotatable bonds is 8. The highest BCUT2D eigenvalue weighted by Crippen LogP contribution is 2.29. The zero-order valence-electron chi connectivity index (χ0n) is 20.7. The first-order valence-electron chi connectivity index (χ1n) is 10.9. The van der Waals surface area contributed by atoms with Gasteiger partial charge in [0.05, 0.1) is 17.7 Å². The Morgan fingerprint density at radius 1 is 1.00 bits per heavy atom. The molecular weight excluding hydrogens is 458 g/mol. The molecular formula is C24H33N3O6S. The molecule has 9 nitrogen and oxygen atoms in total. The monoisotopic (exact) mass is 491 g/mol. The summed E-state index contributed by atoms with van der Waals surface area (Å²) >= 11 is 0. The predicted octanol–water partition coefficient (Wildman–Crippen LogP) is 4.63. The van der Waals surface area contributed by atoms with E-state index in [4.69, 9.17) is 9.47 Å². The Hall–Kier alpha value is -3.11. The summed E-state index contributed by atoms with van der Waals surface area (Å²) in [5.74, 6) is -0.102. The Kier molecular flexibility index (Phi) is 8.68. The molecule has 0 spiro atoms. The fourth-order valence-electron chi connectivity index (χ4n) is 3.21. The minimum absolute atomic E-state index is 0.0500. The third-order valence-corrected chi connectivity index (χ3v) is 6.94. The molecule has 0 heterocycles. The highest BCUT2D eigenvalue weighted by molar-refractivity contribution is 7.89. The van der Waals surface area contributed by atoms with Crippen molar-refractivity contribution in [2.24, 2.45) is 0 Å². The number of methoxy groups -OCH3 is 1. The number of hydrogen-bond donors (Lipinski definition) is 2. The molecule has 10 heteroatoms. The van der Waals surface area contributed by atoms with Crippen LogP contribution in [-0.4, -0.2) is 50.5 Å². The molecule has 0 atom stereocenters. The molecule has 0 fully saturated rings. The molecule has 0 radical (unpaired) electrons. The van der Waals surface area contributed by atoms with Gasteiger partial charge in [-0.2, -0.15) is 4.31 Å². The van der Waals surface area contributed by atoms with Gasteiger partial charge in [0.2, 0.25) is 10.0 Å². The first kappa shape index (κ1) is 27.1. The molecule has 0 aliphatic rings. The Morgan fingerprint density at radius 2 is 1.65 bits per heavy atom. The number of nitrogens with zero attached hydrogens (tertiary/aromatic N) is 1. The summed E-state index contributed by atoms with van der Waals surface area (Å²) < 4.78 is 37.7. The highest BCUT2D eigenvalue weighted by Gasteiger charge is 2.24. The first-order chi connectivity index (χ1) is 15.8. The van der Waals surface area contributed by atoms with Crippen LogP contribution < -0.4 is 15.4 Å². The van der Waals surface area contributed by atoms with Crippen molar-refractivity contribution in [1.29, 1.82) is 0 Å². The number of carbonyl (C=O) groups excluding carboxylic acids is 2. The molecule has 186 valence electrons. The molecule has 2 aromatic carbocycles. The molecule has 2 amide bonds. The van der Waals surface area contributed by atoms with Gasteiger partial charge in [-0.25, -0.2) is 13.2 Å². The zero-order valence-corrected chi connectivity index (χ0v) is 21.5. The van der Waals surface area contributed by atoms with Gasteiger partial charge in [-0.05, 0) is 63.6 Å². The smallest absolute Gasteiger partial charge is 0.412 e. The van der Waals surface area contributed by atoms with Crippen LogP contribution in [0.15, 0.2) is 41.3 Å². The number of anilines is 2. The summed E-state index contributed by atoms with van der Waals surface area (Å²) in [4.78, 5) is 25.3. The van der Waals surface area contributed by atoms with Crippen molar-refractivity contribution in [3.63, 3.8) is 0 Å². The van der Waals surface area contributed by atoms with Crippen molar-refractivity contribution >= 4 is 33.4 Å². The van der Waals surface area contributed by atoms with Gasteiger partial charge >= 0.3 is 6.09 Å². The molecule has 0 unspecified atom stereocenters. The second kappa shape index (κ2) is 10.9. The lowest BCUT2D eigenvalue weighted by Gasteiger charge is -2.20. The van der Waals surface area contributed by atoms with Gasteiger partial charge in [0, 0.05) is 24.3 Å². The molecule has 34 heavy (non-hydrogen) atoms. The van der Waals surface area contributed by atoms with E-state index in [2.05, 4.69) is 10.6 Å². The van der Waals surface area contributed by atoms with Gasteiger partial charge in [0.1, 0.15) is 11.4 Å². The van der Waals surface area contributed by atoms with Crippen LogP contribution in [0.1, 0.15) is 50.5 Å². The van der Waals surface area contributed by atoms with Crippen molar-refractivity contribution in [3.8, 4) is 5.75 Å². The number of ether oxygens (including phenoxy) is 2. The normalized spacial score (nSPS) is 11.8. The van der Waals surface area contributed by atoms with E-state index >= 15 is 0 Å². The van der Waals surface area contributed by atoms with Crippen LogP contribution in [0.5, 0.6) is 5.75 Å². The van der Waals surface area contributed by atoms with E-state index in [1.807, 2.05) is 0 Å². The maximum atomic E-state index is 13.0. The molecule has 0 aromatic heterocycles. The minimum Gasteiger partial charge on any atom is -0.495 e. The van der Waals surface area contributed by atoms with Crippen LogP contribution in [0.3, 0.4) is 0 Å². The summed E-state index contributed by atoms with van der Waals surface area (Å²) in [6.45, 7) is 11.1. The summed E-state index contributed by atoms with van der Waals surface area (Å²) in [7, 11) is -2.26. The zero-order chi connectivity index (χ0) is 25.7. The standard InChI is InChI=1S/C24H33N3O6S/c1-8-27(9-2)34(30,31)18-12-10-16(3)19(15-18)22(28)25-17-11-13-21(32-7)20(14-17)26-23(29)33-24(4,5)6/h10-15H,8-9H2,1-7H3,(H,25,28)(H,26,29). The Balaban J connectivity index is 2.33. The van der Waals surface area contributed by atoms with Crippen LogP contribution in [0.2, 0.25) is 0 Å².